The van der Waals surface area contributed by atoms with Gasteiger partial charge in [-0.05, 0) is 3.93 Å². The first kappa shape index (κ1) is 16.1. The van der Waals surface area contributed by atoms with Gasteiger partial charge in [0.15, 0.2) is 6.17 Å². The highest BCUT2D eigenvalue weighted by molar-refractivity contribution is 14.1. The van der Waals surface area contributed by atoms with E-state index < -0.39 is 36.7 Å². The van der Waals surface area contributed by atoms with Crippen LogP contribution in [0.4, 0.5) is 19.0 Å². The Morgan fingerprint density at radius 3 is 2.81 bits per heavy atom. The second-order valence-electron chi connectivity index (χ2n) is 4.23. The fraction of sp³-hybridized carbons (Fsp3) is 0.455. The summed E-state index contributed by atoms with van der Waals surface area (Å²) < 4.78 is 48.9. The van der Waals surface area contributed by atoms with Crippen molar-refractivity contribution in [3.8, 4) is 9.85 Å². The summed E-state index contributed by atoms with van der Waals surface area (Å²) in [5.74, 6) is -1.74. The smallest absolute Gasteiger partial charge is 0.351 e. The number of anilines is 1. The van der Waals surface area contributed by atoms with Crippen LogP contribution >= 0.6 is 22.6 Å². The topological polar surface area (TPSA) is 90.4 Å². The van der Waals surface area contributed by atoms with Crippen molar-refractivity contribution < 1.29 is 23.0 Å². The minimum atomic E-state index is -4.00. The third-order valence-corrected chi connectivity index (χ3v) is 3.19. The van der Waals surface area contributed by atoms with E-state index in [-0.39, 0.29) is 11.4 Å². The molecule has 0 radical (unpaired) electrons. The maximum Gasteiger partial charge on any atom is 0.351 e. The summed E-state index contributed by atoms with van der Waals surface area (Å²) in [6.45, 7) is -0.940. The summed E-state index contributed by atoms with van der Waals surface area (Å²) in [7, 11) is 0. The number of aliphatic hydroxyl groups excluding tert-OH is 1. The summed E-state index contributed by atoms with van der Waals surface area (Å²) >= 11 is 1.69. The molecule has 21 heavy (non-hydrogen) atoms. The monoisotopic (exact) mass is 415 g/mol. The Bertz CT molecular complexity index is 670. The lowest BCUT2D eigenvalue weighted by Crippen LogP contribution is -2.40. The molecular formula is C11H9F3IN3O3. The first-order valence-corrected chi connectivity index (χ1v) is 6.69. The van der Waals surface area contributed by atoms with Crippen LogP contribution in [0.1, 0.15) is 11.8 Å². The van der Waals surface area contributed by atoms with Gasteiger partial charge in [-0.2, -0.15) is 13.8 Å². The van der Waals surface area contributed by atoms with E-state index in [1.165, 1.54) is 0 Å². The number of nitrogens with two attached hydrogens (primary N) is 1. The number of aliphatic hydroxyl groups is 1. The van der Waals surface area contributed by atoms with Gasteiger partial charge in [-0.15, -0.1) is 0 Å². The predicted octanol–water partition coefficient (Wildman–Crippen LogP) is 0.433. The zero-order chi connectivity index (χ0) is 15.8. The predicted molar refractivity (Wildman–Crippen MR) is 74.6 cm³/mol. The number of nitrogens with zero attached hydrogens (tertiary/aromatic N) is 2. The van der Waals surface area contributed by atoms with E-state index in [9.17, 15) is 18.0 Å². The van der Waals surface area contributed by atoms with E-state index in [0.717, 1.165) is 6.20 Å². The highest BCUT2D eigenvalue weighted by atomic mass is 127. The van der Waals surface area contributed by atoms with Crippen LogP contribution in [-0.4, -0.2) is 39.5 Å². The number of aromatic nitrogens is 2. The van der Waals surface area contributed by atoms with Gasteiger partial charge in [-0.3, -0.25) is 4.57 Å². The maximum atomic E-state index is 13.9. The number of rotatable bonds is 2. The Morgan fingerprint density at radius 2 is 2.29 bits per heavy atom. The number of hydrogen-bond donors (Lipinski definition) is 2. The molecule has 0 saturated carbocycles. The largest absolute Gasteiger partial charge is 0.394 e. The molecule has 3 N–H and O–H groups in total. The van der Waals surface area contributed by atoms with E-state index in [2.05, 4.69) is 14.8 Å². The van der Waals surface area contributed by atoms with Crippen LogP contribution in [0.25, 0.3) is 0 Å². The Labute approximate surface area is 130 Å². The van der Waals surface area contributed by atoms with Crippen LogP contribution in [0.2, 0.25) is 0 Å². The number of hydrogen-bond acceptors (Lipinski definition) is 5. The first-order chi connectivity index (χ1) is 9.82. The van der Waals surface area contributed by atoms with E-state index in [4.69, 9.17) is 15.6 Å². The van der Waals surface area contributed by atoms with Crippen LogP contribution in [0.15, 0.2) is 11.0 Å². The Kier molecular flexibility index (Phi) is 4.45. The van der Waals surface area contributed by atoms with Crippen molar-refractivity contribution in [1.29, 1.82) is 0 Å². The van der Waals surface area contributed by atoms with E-state index in [1.807, 2.05) is 0 Å². The Balaban J connectivity index is 2.53. The normalized spacial score (nSPS) is 27.2. The summed E-state index contributed by atoms with van der Waals surface area (Å²) in [5.41, 5.74) is 4.36. The van der Waals surface area contributed by atoms with Gasteiger partial charge in [0.2, 0.25) is 6.23 Å². The van der Waals surface area contributed by atoms with E-state index in [1.54, 1.807) is 22.6 Å². The van der Waals surface area contributed by atoms with Crippen molar-refractivity contribution in [2.75, 3.05) is 12.3 Å². The second kappa shape index (κ2) is 5.82. The van der Waals surface area contributed by atoms with Crippen LogP contribution in [-0.2, 0) is 4.74 Å². The van der Waals surface area contributed by atoms with E-state index in [0.29, 0.717) is 4.57 Å². The second-order valence-corrected chi connectivity index (χ2v) is 4.77. The van der Waals surface area contributed by atoms with Crippen molar-refractivity contribution in [2.45, 2.75) is 24.4 Å². The van der Waals surface area contributed by atoms with Crippen molar-refractivity contribution in [1.82, 2.24) is 9.55 Å². The molecule has 114 valence electrons. The molecule has 0 bridgehead atoms. The highest BCUT2D eigenvalue weighted by Gasteiger charge is 2.60. The number of ether oxygens (including phenoxy) is 1. The minimum absolute atomic E-state index is 0.0336. The van der Waals surface area contributed by atoms with Gasteiger partial charge < -0.3 is 15.6 Å². The molecule has 2 rings (SSSR count). The zero-order valence-corrected chi connectivity index (χ0v) is 12.4. The lowest BCUT2D eigenvalue weighted by molar-refractivity contribution is -0.130. The third kappa shape index (κ3) is 2.72. The highest BCUT2D eigenvalue weighted by Crippen LogP contribution is 2.43. The quantitative estimate of drug-likeness (QED) is 0.541. The molecule has 3 unspecified atom stereocenters. The first-order valence-electron chi connectivity index (χ1n) is 5.61. The lowest BCUT2D eigenvalue weighted by atomic mass is 10.1. The summed E-state index contributed by atoms with van der Waals surface area (Å²) in [6, 6.07) is 0. The van der Waals surface area contributed by atoms with Gasteiger partial charge in [0.1, 0.15) is 11.9 Å². The fourth-order valence-corrected chi connectivity index (χ4v) is 2.18. The molecule has 0 aromatic carbocycles. The van der Waals surface area contributed by atoms with E-state index >= 15 is 0 Å². The van der Waals surface area contributed by atoms with Crippen molar-refractivity contribution in [3.05, 3.63) is 22.2 Å². The van der Waals surface area contributed by atoms with Gasteiger partial charge in [0.25, 0.3) is 0 Å². The summed E-state index contributed by atoms with van der Waals surface area (Å²) in [6.07, 6.45) is -5.76. The fourth-order valence-electron chi connectivity index (χ4n) is 1.89. The molecule has 1 fully saturated rings. The summed E-state index contributed by atoms with van der Waals surface area (Å²) in [4.78, 5) is 15.1. The average molecular weight is 415 g/mol. The lowest BCUT2D eigenvalue weighted by Gasteiger charge is -2.20. The molecule has 6 nitrogen and oxygen atoms in total. The summed E-state index contributed by atoms with van der Waals surface area (Å²) in [5, 5.41) is 8.84. The molecule has 10 heteroatoms. The van der Waals surface area contributed by atoms with Crippen LogP contribution < -0.4 is 11.4 Å². The molecule has 0 aliphatic carbocycles. The maximum absolute atomic E-state index is 13.9. The number of alkyl halides is 3. The van der Waals surface area contributed by atoms with Gasteiger partial charge in [-0.1, -0.05) is 5.92 Å². The molecule has 1 aromatic rings. The number of halogens is 4. The molecule has 1 aliphatic rings. The SMILES string of the molecule is Nc1nc(=O)n(C2OC(CO)C(F)C2(F)F)cc1C#CI. The van der Waals surface area contributed by atoms with Gasteiger partial charge in [0, 0.05) is 28.8 Å². The molecule has 2 heterocycles. The van der Waals surface area contributed by atoms with Crippen molar-refractivity contribution in [2.24, 2.45) is 0 Å². The van der Waals surface area contributed by atoms with Gasteiger partial charge in [0.05, 0.1) is 12.2 Å². The minimum Gasteiger partial charge on any atom is -0.394 e. The Morgan fingerprint density at radius 1 is 1.62 bits per heavy atom. The molecule has 1 saturated heterocycles. The molecule has 1 aromatic heterocycles. The molecular weight excluding hydrogens is 406 g/mol. The molecule has 3 atom stereocenters. The third-order valence-electron chi connectivity index (χ3n) is 2.92. The van der Waals surface area contributed by atoms with Crippen LogP contribution in [0.3, 0.4) is 0 Å². The Hall–Kier alpha value is -1.32. The molecule has 1 aliphatic heterocycles. The van der Waals surface area contributed by atoms with Crippen molar-refractivity contribution >= 4 is 28.4 Å². The zero-order valence-electron chi connectivity index (χ0n) is 10.3. The molecule has 0 spiro atoms. The van der Waals surface area contributed by atoms with Gasteiger partial charge >= 0.3 is 11.6 Å². The standard InChI is InChI=1S/C11H9F3IN3O3/c12-7-6(4-19)21-9(11(7,13)14)18-3-5(1-2-15)8(16)17-10(18)20/h3,6-7,9,19H,4H2,(H2,16,17,20). The molecule has 0 amide bonds. The van der Waals surface area contributed by atoms with Crippen LogP contribution in [0, 0.1) is 9.85 Å². The van der Waals surface area contributed by atoms with Gasteiger partial charge in [-0.25, -0.2) is 9.18 Å². The average Bonchev–Trinajstić information content (AvgIpc) is 2.65. The van der Waals surface area contributed by atoms with Crippen molar-refractivity contribution in [3.63, 3.8) is 0 Å². The van der Waals surface area contributed by atoms with Crippen LogP contribution in [0.5, 0.6) is 0 Å². The number of nitrogen functional groups attached to an aromatic ring is 1.